The minimum absolute atomic E-state index is 0.417. The number of likely N-dealkylation sites (N-methyl/N-ethyl adjacent to an activating group) is 1. The molecule has 1 aliphatic heterocycles. The normalized spacial score (nSPS) is 21.1. The monoisotopic (exact) mass is 248 g/mol. The van der Waals surface area contributed by atoms with Crippen molar-refractivity contribution in [1.82, 2.24) is 4.90 Å². The highest BCUT2D eigenvalue weighted by molar-refractivity contribution is 5.75. The summed E-state index contributed by atoms with van der Waals surface area (Å²) in [5.74, 6) is -0.744. The molecule has 0 radical (unpaired) electrons. The first-order chi connectivity index (χ1) is 8.47. The number of carboxylic acid groups (broad SMARTS) is 1. The lowest BCUT2D eigenvalue weighted by Crippen LogP contribution is -2.55. The Kier molecular flexibility index (Phi) is 3.57. The van der Waals surface area contributed by atoms with E-state index in [1.165, 1.54) is 11.1 Å². The molecule has 4 heteroatoms. The third kappa shape index (κ3) is 2.64. The van der Waals surface area contributed by atoms with Gasteiger partial charge in [-0.2, -0.15) is 0 Å². The summed E-state index contributed by atoms with van der Waals surface area (Å²) in [6, 6.07) is 5.96. The second-order valence-corrected chi connectivity index (χ2v) is 5.13. The zero-order valence-corrected chi connectivity index (χ0v) is 11.2. The molecule has 1 N–H and O–H groups in total. The van der Waals surface area contributed by atoms with Gasteiger partial charge in [-0.3, -0.25) is 9.69 Å². The van der Waals surface area contributed by atoms with Crippen LogP contribution in [0.2, 0.25) is 0 Å². The molecule has 0 bridgehead atoms. The summed E-state index contributed by atoms with van der Waals surface area (Å²) in [5, 5.41) is 9.21. The fourth-order valence-corrected chi connectivity index (χ4v) is 2.51. The van der Waals surface area contributed by atoms with E-state index >= 15 is 0 Å². The van der Waals surface area contributed by atoms with Crippen LogP contribution in [0.25, 0.3) is 0 Å². The van der Waals surface area contributed by atoms with Crippen molar-refractivity contribution in [2.45, 2.75) is 19.9 Å². The van der Waals surface area contributed by atoms with Crippen molar-refractivity contribution in [3.05, 3.63) is 29.3 Å². The van der Waals surface area contributed by atoms with Gasteiger partial charge in [0.15, 0.2) is 0 Å². The summed E-state index contributed by atoms with van der Waals surface area (Å²) < 4.78 is 0. The van der Waals surface area contributed by atoms with Crippen LogP contribution in [0.3, 0.4) is 0 Å². The number of carbonyl (C=O) groups is 1. The summed E-state index contributed by atoms with van der Waals surface area (Å²) in [5.41, 5.74) is 3.57. The van der Waals surface area contributed by atoms with Gasteiger partial charge < -0.3 is 10.0 Å². The molecule has 0 amide bonds. The van der Waals surface area contributed by atoms with Crippen molar-refractivity contribution in [2.75, 3.05) is 31.6 Å². The van der Waals surface area contributed by atoms with E-state index in [1.54, 1.807) is 0 Å². The van der Waals surface area contributed by atoms with Crippen LogP contribution >= 0.6 is 0 Å². The third-order valence-corrected chi connectivity index (χ3v) is 3.50. The summed E-state index contributed by atoms with van der Waals surface area (Å²) >= 11 is 0. The molecule has 98 valence electrons. The number of carboxylic acids is 1. The minimum atomic E-state index is -0.744. The average molecular weight is 248 g/mol. The molecular weight excluding hydrogens is 228 g/mol. The van der Waals surface area contributed by atoms with Crippen LogP contribution < -0.4 is 4.90 Å². The van der Waals surface area contributed by atoms with Gasteiger partial charge in [0.2, 0.25) is 0 Å². The van der Waals surface area contributed by atoms with Crippen LogP contribution in [0, 0.1) is 13.8 Å². The third-order valence-electron chi connectivity index (χ3n) is 3.50. The van der Waals surface area contributed by atoms with Gasteiger partial charge in [-0.05, 0) is 44.2 Å². The SMILES string of the molecule is Cc1cc(C)cc(N2CCN(C)C(C(=O)O)C2)c1. The molecule has 2 rings (SSSR count). The van der Waals surface area contributed by atoms with Crippen LogP contribution in [0.4, 0.5) is 5.69 Å². The van der Waals surface area contributed by atoms with Crippen molar-refractivity contribution in [2.24, 2.45) is 0 Å². The zero-order valence-electron chi connectivity index (χ0n) is 11.2. The summed E-state index contributed by atoms with van der Waals surface area (Å²) in [6.45, 7) is 6.35. The van der Waals surface area contributed by atoms with Gasteiger partial charge in [-0.25, -0.2) is 0 Å². The van der Waals surface area contributed by atoms with Crippen LogP contribution in [0.15, 0.2) is 18.2 Å². The highest BCUT2D eigenvalue weighted by Gasteiger charge is 2.29. The first kappa shape index (κ1) is 12.9. The van der Waals surface area contributed by atoms with Gasteiger partial charge in [-0.15, -0.1) is 0 Å². The topological polar surface area (TPSA) is 43.8 Å². The van der Waals surface area contributed by atoms with E-state index in [1.807, 2.05) is 11.9 Å². The predicted molar refractivity (Wildman–Crippen MR) is 72.2 cm³/mol. The van der Waals surface area contributed by atoms with E-state index in [0.29, 0.717) is 6.54 Å². The number of benzene rings is 1. The Morgan fingerprint density at radius 2 is 1.83 bits per heavy atom. The standard InChI is InChI=1S/C14H20N2O2/c1-10-6-11(2)8-12(7-10)16-5-4-15(3)13(9-16)14(17)18/h6-8,13H,4-5,9H2,1-3H3,(H,17,18). The lowest BCUT2D eigenvalue weighted by molar-refractivity contribution is -0.142. The molecular formula is C14H20N2O2. The van der Waals surface area contributed by atoms with E-state index in [2.05, 4.69) is 36.9 Å². The van der Waals surface area contributed by atoms with Crippen LogP contribution in [0.1, 0.15) is 11.1 Å². The lowest BCUT2D eigenvalue weighted by atomic mass is 10.1. The van der Waals surface area contributed by atoms with E-state index in [4.69, 9.17) is 0 Å². The molecule has 1 atom stereocenters. The van der Waals surface area contributed by atoms with Crippen molar-refractivity contribution in [3.63, 3.8) is 0 Å². The number of anilines is 1. The number of rotatable bonds is 2. The molecule has 1 saturated heterocycles. The maximum absolute atomic E-state index is 11.2. The highest BCUT2D eigenvalue weighted by Crippen LogP contribution is 2.21. The molecule has 0 saturated carbocycles. The van der Waals surface area contributed by atoms with E-state index in [9.17, 15) is 9.90 Å². The Labute approximate surface area is 108 Å². The Bertz CT molecular complexity index is 439. The lowest BCUT2D eigenvalue weighted by Gasteiger charge is -2.38. The van der Waals surface area contributed by atoms with Crippen molar-refractivity contribution in [1.29, 1.82) is 0 Å². The molecule has 4 nitrogen and oxygen atoms in total. The fourth-order valence-electron chi connectivity index (χ4n) is 2.51. The van der Waals surface area contributed by atoms with Crippen LogP contribution in [0.5, 0.6) is 0 Å². The molecule has 18 heavy (non-hydrogen) atoms. The number of nitrogens with zero attached hydrogens (tertiary/aromatic N) is 2. The molecule has 1 heterocycles. The molecule has 1 aromatic rings. The largest absolute Gasteiger partial charge is 0.480 e. The smallest absolute Gasteiger partial charge is 0.322 e. The summed E-state index contributed by atoms with van der Waals surface area (Å²) in [6.07, 6.45) is 0. The van der Waals surface area contributed by atoms with E-state index < -0.39 is 12.0 Å². The Morgan fingerprint density at radius 3 is 2.39 bits per heavy atom. The average Bonchev–Trinajstić information content (AvgIpc) is 2.27. The van der Waals surface area contributed by atoms with Gasteiger partial charge in [0.05, 0.1) is 0 Å². The second kappa shape index (κ2) is 4.98. The summed E-state index contributed by atoms with van der Waals surface area (Å²) in [4.78, 5) is 15.3. The maximum atomic E-state index is 11.2. The first-order valence-corrected chi connectivity index (χ1v) is 6.23. The van der Waals surface area contributed by atoms with Gasteiger partial charge in [-0.1, -0.05) is 6.07 Å². The minimum Gasteiger partial charge on any atom is -0.480 e. The van der Waals surface area contributed by atoms with Crippen LogP contribution in [-0.2, 0) is 4.79 Å². The summed E-state index contributed by atoms with van der Waals surface area (Å²) in [7, 11) is 1.87. The van der Waals surface area contributed by atoms with E-state index in [-0.39, 0.29) is 0 Å². The number of hydrogen-bond acceptors (Lipinski definition) is 3. The Morgan fingerprint density at radius 1 is 1.22 bits per heavy atom. The van der Waals surface area contributed by atoms with Crippen molar-refractivity contribution >= 4 is 11.7 Å². The highest BCUT2D eigenvalue weighted by atomic mass is 16.4. The fraction of sp³-hybridized carbons (Fsp3) is 0.500. The Balaban J connectivity index is 2.21. The van der Waals surface area contributed by atoms with Gasteiger partial charge in [0.25, 0.3) is 0 Å². The molecule has 1 unspecified atom stereocenters. The van der Waals surface area contributed by atoms with E-state index in [0.717, 1.165) is 18.8 Å². The number of hydrogen-bond donors (Lipinski definition) is 1. The molecule has 0 spiro atoms. The molecule has 1 aromatic carbocycles. The van der Waals surface area contributed by atoms with Crippen molar-refractivity contribution < 1.29 is 9.90 Å². The number of piperazine rings is 1. The zero-order chi connectivity index (χ0) is 13.3. The molecule has 1 aliphatic rings. The molecule has 0 aliphatic carbocycles. The van der Waals surface area contributed by atoms with Crippen LogP contribution in [-0.4, -0.2) is 48.7 Å². The molecule has 1 fully saturated rings. The number of aliphatic carboxylic acids is 1. The van der Waals surface area contributed by atoms with Crippen molar-refractivity contribution in [3.8, 4) is 0 Å². The Hall–Kier alpha value is -1.55. The van der Waals surface area contributed by atoms with Gasteiger partial charge in [0.1, 0.15) is 6.04 Å². The maximum Gasteiger partial charge on any atom is 0.322 e. The quantitative estimate of drug-likeness (QED) is 0.861. The predicted octanol–water partition coefficient (Wildman–Crippen LogP) is 1.51. The van der Waals surface area contributed by atoms with Gasteiger partial charge >= 0.3 is 5.97 Å². The first-order valence-electron chi connectivity index (χ1n) is 6.23. The number of aryl methyl sites for hydroxylation is 2. The second-order valence-electron chi connectivity index (χ2n) is 5.13. The molecule has 0 aromatic heterocycles. The van der Waals surface area contributed by atoms with Gasteiger partial charge in [0, 0.05) is 25.3 Å².